The van der Waals surface area contributed by atoms with Gasteiger partial charge in [-0.25, -0.2) is 4.68 Å². The van der Waals surface area contributed by atoms with E-state index in [-0.39, 0.29) is 5.91 Å². The molecule has 1 aromatic heterocycles. The maximum Gasteiger partial charge on any atom is 0.265 e. The lowest BCUT2D eigenvalue weighted by molar-refractivity contribution is -0.121. The molecule has 0 spiro atoms. The molecule has 0 unspecified atom stereocenters. The van der Waals surface area contributed by atoms with Crippen LogP contribution in [0.15, 0.2) is 70.6 Å². The van der Waals surface area contributed by atoms with Crippen molar-refractivity contribution in [3.8, 4) is 16.9 Å². The van der Waals surface area contributed by atoms with Crippen LogP contribution >= 0.6 is 35.7 Å². The molecule has 1 aliphatic heterocycles. The number of carbonyl (C=O) groups is 1. The Labute approximate surface area is 184 Å². The average Bonchev–Trinajstić information content (AvgIpc) is 3.27. The Morgan fingerprint density at radius 3 is 2.48 bits per heavy atom. The van der Waals surface area contributed by atoms with Gasteiger partial charge in [-0.15, -0.1) is 11.8 Å². The van der Waals surface area contributed by atoms with Crippen LogP contribution in [0.1, 0.15) is 12.5 Å². The van der Waals surface area contributed by atoms with Crippen LogP contribution in [-0.4, -0.2) is 37.7 Å². The Morgan fingerprint density at radius 2 is 1.86 bits per heavy atom. The predicted octanol–water partition coefficient (Wildman–Crippen LogP) is 5.48. The summed E-state index contributed by atoms with van der Waals surface area (Å²) in [4.78, 5) is 15.8. The maximum absolute atomic E-state index is 12.5. The van der Waals surface area contributed by atoms with Gasteiger partial charge in [-0.3, -0.25) is 9.69 Å². The third kappa shape index (κ3) is 4.17. The van der Waals surface area contributed by atoms with Gasteiger partial charge in [0.25, 0.3) is 5.91 Å². The molecular formula is C22H19N3OS3. The van der Waals surface area contributed by atoms with Crippen molar-refractivity contribution in [3.05, 3.63) is 71.3 Å². The Balaban J connectivity index is 1.79. The molecule has 2 aromatic carbocycles. The second-order valence-corrected chi connectivity index (χ2v) is 9.42. The smallest absolute Gasteiger partial charge is 0.265 e. The Hall–Kier alpha value is -2.35. The third-order valence-corrected chi connectivity index (χ3v) is 6.85. The molecule has 1 amide bonds. The first-order chi connectivity index (χ1) is 14.1. The summed E-state index contributed by atoms with van der Waals surface area (Å²) >= 11 is 8.39. The van der Waals surface area contributed by atoms with E-state index < -0.39 is 0 Å². The van der Waals surface area contributed by atoms with Gasteiger partial charge in [0.15, 0.2) is 0 Å². The standard InChI is InChI=1S/C22H19N3OS3/c1-3-28-18-11-9-15(10-12-18)20-16(13-19-21(26)24(2)22(27)29-19)14-25(23-20)17-7-5-4-6-8-17/h4-14H,3H2,1-2H3. The molecule has 4 rings (SSSR count). The molecule has 1 fully saturated rings. The first-order valence-corrected chi connectivity index (χ1v) is 11.4. The molecule has 29 heavy (non-hydrogen) atoms. The number of thioether (sulfide) groups is 2. The molecule has 0 atom stereocenters. The topological polar surface area (TPSA) is 38.1 Å². The van der Waals surface area contributed by atoms with Crippen LogP contribution in [0.4, 0.5) is 0 Å². The Bertz CT molecular complexity index is 1090. The second kappa shape index (κ2) is 8.57. The summed E-state index contributed by atoms with van der Waals surface area (Å²) in [5, 5.41) is 4.83. The minimum atomic E-state index is -0.0758. The predicted molar refractivity (Wildman–Crippen MR) is 126 cm³/mol. The van der Waals surface area contributed by atoms with Crippen molar-refractivity contribution in [2.24, 2.45) is 0 Å². The first-order valence-electron chi connectivity index (χ1n) is 9.16. The lowest BCUT2D eigenvalue weighted by Gasteiger charge is -2.04. The summed E-state index contributed by atoms with van der Waals surface area (Å²) in [7, 11) is 1.71. The molecule has 0 bridgehead atoms. The van der Waals surface area contributed by atoms with Gasteiger partial charge in [-0.2, -0.15) is 5.10 Å². The van der Waals surface area contributed by atoms with E-state index in [9.17, 15) is 4.79 Å². The molecule has 3 aromatic rings. The third-order valence-electron chi connectivity index (χ3n) is 4.48. The zero-order valence-electron chi connectivity index (χ0n) is 16.0. The summed E-state index contributed by atoms with van der Waals surface area (Å²) < 4.78 is 2.42. The van der Waals surface area contributed by atoms with Gasteiger partial charge in [-0.05, 0) is 36.1 Å². The van der Waals surface area contributed by atoms with E-state index in [1.54, 1.807) is 18.8 Å². The van der Waals surface area contributed by atoms with Crippen molar-refractivity contribution < 1.29 is 4.79 Å². The molecule has 0 saturated carbocycles. The van der Waals surface area contributed by atoms with Crippen LogP contribution in [-0.2, 0) is 4.79 Å². The first kappa shape index (κ1) is 19.9. The number of likely N-dealkylation sites (N-methyl/N-ethyl adjacent to an activating group) is 1. The van der Waals surface area contributed by atoms with Gasteiger partial charge in [0.2, 0.25) is 0 Å². The highest BCUT2D eigenvalue weighted by atomic mass is 32.2. The van der Waals surface area contributed by atoms with Gasteiger partial charge >= 0.3 is 0 Å². The molecule has 7 heteroatoms. The highest BCUT2D eigenvalue weighted by Gasteiger charge is 2.29. The van der Waals surface area contributed by atoms with E-state index in [0.29, 0.717) is 9.23 Å². The molecule has 2 heterocycles. The number of hydrogen-bond acceptors (Lipinski definition) is 5. The monoisotopic (exact) mass is 437 g/mol. The van der Waals surface area contributed by atoms with Crippen LogP contribution in [0.3, 0.4) is 0 Å². The Morgan fingerprint density at radius 1 is 1.14 bits per heavy atom. The van der Waals surface area contributed by atoms with Gasteiger partial charge in [0, 0.05) is 29.3 Å². The fourth-order valence-corrected chi connectivity index (χ4v) is 4.82. The van der Waals surface area contributed by atoms with Gasteiger partial charge in [0.1, 0.15) is 4.32 Å². The van der Waals surface area contributed by atoms with Crippen molar-refractivity contribution in [3.63, 3.8) is 0 Å². The van der Waals surface area contributed by atoms with Crippen LogP contribution in [0.25, 0.3) is 23.0 Å². The fourth-order valence-electron chi connectivity index (χ4n) is 2.99. The molecule has 1 aliphatic rings. The summed E-state index contributed by atoms with van der Waals surface area (Å²) in [6.45, 7) is 2.14. The number of benzene rings is 2. The van der Waals surface area contributed by atoms with Gasteiger partial charge in [-0.1, -0.05) is 61.2 Å². The van der Waals surface area contributed by atoms with Crippen LogP contribution < -0.4 is 0 Å². The maximum atomic E-state index is 12.5. The number of carbonyl (C=O) groups excluding carboxylic acids is 1. The molecule has 4 nitrogen and oxygen atoms in total. The summed E-state index contributed by atoms with van der Waals surface area (Å²) in [6, 6.07) is 18.3. The zero-order chi connectivity index (χ0) is 20.4. The lowest BCUT2D eigenvalue weighted by Crippen LogP contribution is -2.22. The molecule has 0 N–H and O–H groups in total. The zero-order valence-corrected chi connectivity index (χ0v) is 18.5. The largest absolute Gasteiger partial charge is 0.296 e. The summed E-state index contributed by atoms with van der Waals surface area (Å²) in [6.07, 6.45) is 3.85. The van der Waals surface area contributed by atoms with Crippen LogP contribution in [0.5, 0.6) is 0 Å². The normalized spacial score (nSPS) is 15.5. The molecule has 146 valence electrons. The van der Waals surface area contributed by atoms with E-state index in [4.69, 9.17) is 17.3 Å². The highest BCUT2D eigenvalue weighted by Crippen LogP contribution is 2.34. The van der Waals surface area contributed by atoms with E-state index in [1.165, 1.54) is 21.6 Å². The van der Waals surface area contributed by atoms with Gasteiger partial charge in [0.05, 0.1) is 16.3 Å². The van der Waals surface area contributed by atoms with Crippen molar-refractivity contribution in [1.82, 2.24) is 14.7 Å². The van der Waals surface area contributed by atoms with Crippen molar-refractivity contribution in [2.75, 3.05) is 12.8 Å². The van der Waals surface area contributed by atoms with E-state index in [1.807, 2.05) is 47.3 Å². The van der Waals surface area contributed by atoms with Crippen LogP contribution in [0.2, 0.25) is 0 Å². The summed E-state index contributed by atoms with van der Waals surface area (Å²) in [5.74, 6) is 0.958. The molecule has 0 aliphatic carbocycles. The number of thiocarbonyl (C=S) groups is 1. The van der Waals surface area contributed by atoms with Crippen LogP contribution in [0, 0.1) is 0 Å². The minimum absolute atomic E-state index is 0.0758. The van der Waals surface area contributed by atoms with Crippen molar-refractivity contribution in [2.45, 2.75) is 11.8 Å². The minimum Gasteiger partial charge on any atom is -0.296 e. The second-order valence-electron chi connectivity index (χ2n) is 6.41. The van der Waals surface area contributed by atoms with Crippen molar-refractivity contribution in [1.29, 1.82) is 0 Å². The van der Waals surface area contributed by atoms with E-state index in [0.717, 1.165) is 28.3 Å². The van der Waals surface area contributed by atoms with Crippen molar-refractivity contribution >= 4 is 52.0 Å². The molecular weight excluding hydrogens is 418 g/mol. The number of nitrogens with zero attached hydrogens (tertiary/aromatic N) is 3. The SMILES string of the molecule is CCSc1ccc(-c2nn(-c3ccccc3)cc2C=C2SC(=S)N(C)C2=O)cc1. The van der Waals surface area contributed by atoms with E-state index in [2.05, 4.69) is 31.2 Å². The molecule has 0 radical (unpaired) electrons. The van der Waals surface area contributed by atoms with Gasteiger partial charge < -0.3 is 0 Å². The van der Waals surface area contributed by atoms with E-state index >= 15 is 0 Å². The lowest BCUT2D eigenvalue weighted by atomic mass is 10.1. The number of amides is 1. The molecule has 1 saturated heterocycles. The number of rotatable bonds is 5. The number of aromatic nitrogens is 2. The number of para-hydroxylation sites is 1. The average molecular weight is 438 g/mol. The quantitative estimate of drug-likeness (QED) is 0.300. The number of hydrogen-bond donors (Lipinski definition) is 0. The summed E-state index contributed by atoms with van der Waals surface area (Å²) in [5.41, 5.74) is 3.70. The fraction of sp³-hybridized carbons (Fsp3) is 0.136. The Kier molecular flexibility index (Phi) is 5.89. The highest BCUT2D eigenvalue weighted by molar-refractivity contribution is 8.26.